The van der Waals surface area contributed by atoms with Crippen molar-refractivity contribution in [3.63, 3.8) is 0 Å². The van der Waals surface area contributed by atoms with Gasteiger partial charge >= 0.3 is 0 Å². The van der Waals surface area contributed by atoms with Crippen molar-refractivity contribution in [3.05, 3.63) is 89.0 Å². The van der Waals surface area contributed by atoms with Gasteiger partial charge in [-0.05, 0) is 79.8 Å². The van der Waals surface area contributed by atoms with E-state index < -0.39 is 10.0 Å². The van der Waals surface area contributed by atoms with Crippen LogP contribution >= 0.6 is 0 Å². The predicted octanol–water partition coefficient (Wildman–Crippen LogP) is 5.70. The molecule has 0 aliphatic rings. The van der Waals surface area contributed by atoms with Gasteiger partial charge in [0.1, 0.15) is 0 Å². The van der Waals surface area contributed by atoms with E-state index in [0.717, 1.165) is 24.8 Å². The highest BCUT2D eigenvalue weighted by Gasteiger charge is 2.19. The minimum Gasteiger partial charge on any atom is -0.322 e. The molecule has 0 atom stereocenters. The van der Waals surface area contributed by atoms with Gasteiger partial charge in [0.05, 0.1) is 4.90 Å². The zero-order chi connectivity index (χ0) is 22.4. The van der Waals surface area contributed by atoms with Crippen LogP contribution in [0.25, 0.3) is 0 Å². The quantitative estimate of drug-likeness (QED) is 0.476. The van der Waals surface area contributed by atoms with Crippen molar-refractivity contribution in [1.29, 1.82) is 0 Å². The Labute approximate surface area is 184 Å². The molecule has 31 heavy (non-hydrogen) atoms. The highest BCUT2D eigenvalue weighted by atomic mass is 32.2. The summed E-state index contributed by atoms with van der Waals surface area (Å²) in [7, 11) is -3.83. The molecular formula is C25H28N2O3S. The summed E-state index contributed by atoms with van der Waals surface area (Å²) >= 11 is 0. The lowest BCUT2D eigenvalue weighted by Crippen LogP contribution is -2.17. The van der Waals surface area contributed by atoms with E-state index in [1.165, 1.54) is 11.6 Å². The zero-order valence-corrected chi connectivity index (χ0v) is 18.9. The van der Waals surface area contributed by atoms with Crippen LogP contribution in [0.5, 0.6) is 0 Å². The number of rotatable bonds is 8. The van der Waals surface area contributed by atoms with Crippen LogP contribution in [0.15, 0.2) is 71.6 Å². The smallest absolute Gasteiger partial charge is 0.262 e. The van der Waals surface area contributed by atoms with Gasteiger partial charge in [-0.3, -0.25) is 9.52 Å². The summed E-state index contributed by atoms with van der Waals surface area (Å²) in [6, 6.07) is 19.6. The number of sulfonamides is 1. The van der Waals surface area contributed by atoms with Crippen LogP contribution in [0.3, 0.4) is 0 Å². The molecule has 0 saturated carbocycles. The molecule has 162 valence electrons. The topological polar surface area (TPSA) is 75.3 Å². The number of hydrogen-bond acceptors (Lipinski definition) is 3. The van der Waals surface area contributed by atoms with Crippen LogP contribution in [0.4, 0.5) is 11.4 Å². The lowest BCUT2D eigenvalue weighted by molar-refractivity contribution is 0.102. The average molecular weight is 437 g/mol. The third-order valence-corrected chi connectivity index (χ3v) is 6.56. The molecule has 0 aliphatic carbocycles. The van der Waals surface area contributed by atoms with E-state index in [4.69, 9.17) is 0 Å². The molecule has 2 N–H and O–H groups in total. The van der Waals surface area contributed by atoms with E-state index in [1.54, 1.807) is 37.3 Å². The summed E-state index contributed by atoms with van der Waals surface area (Å²) in [6.45, 7) is 5.76. The van der Waals surface area contributed by atoms with E-state index in [1.807, 2.05) is 37.3 Å². The second-order valence-electron chi connectivity index (χ2n) is 7.71. The molecule has 0 bridgehead atoms. The predicted molar refractivity (Wildman–Crippen MR) is 126 cm³/mol. The summed E-state index contributed by atoms with van der Waals surface area (Å²) in [4.78, 5) is 12.8. The third kappa shape index (κ3) is 5.95. The van der Waals surface area contributed by atoms with Gasteiger partial charge in [-0.15, -0.1) is 0 Å². The Hall–Kier alpha value is -3.12. The summed E-state index contributed by atoms with van der Waals surface area (Å²) in [5, 5.41) is 2.84. The van der Waals surface area contributed by atoms with Crippen LogP contribution < -0.4 is 10.0 Å². The number of nitrogens with one attached hydrogen (secondary N) is 2. The fourth-order valence-corrected chi connectivity index (χ4v) is 4.61. The number of hydrogen-bond donors (Lipinski definition) is 2. The Morgan fingerprint density at radius 3 is 2.32 bits per heavy atom. The number of amides is 1. The average Bonchev–Trinajstić information content (AvgIpc) is 2.73. The first-order valence-electron chi connectivity index (χ1n) is 10.4. The Morgan fingerprint density at radius 1 is 0.903 bits per heavy atom. The van der Waals surface area contributed by atoms with E-state index >= 15 is 0 Å². The van der Waals surface area contributed by atoms with Gasteiger partial charge < -0.3 is 5.32 Å². The minimum atomic E-state index is -3.83. The number of benzene rings is 3. The summed E-state index contributed by atoms with van der Waals surface area (Å²) < 4.78 is 28.5. The molecule has 0 spiro atoms. The summed E-state index contributed by atoms with van der Waals surface area (Å²) in [6.07, 6.45) is 3.27. The van der Waals surface area contributed by atoms with Gasteiger partial charge in [0, 0.05) is 16.9 Å². The maximum Gasteiger partial charge on any atom is 0.262 e. The van der Waals surface area contributed by atoms with E-state index in [-0.39, 0.29) is 16.4 Å². The van der Waals surface area contributed by atoms with Crippen molar-refractivity contribution in [2.45, 2.75) is 44.9 Å². The molecule has 0 radical (unpaired) electrons. The first kappa shape index (κ1) is 22.6. The molecule has 0 fully saturated rings. The zero-order valence-electron chi connectivity index (χ0n) is 18.1. The molecular weight excluding hydrogens is 408 g/mol. The van der Waals surface area contributed by atoms with Crippen LogP contribution in [-0.4, -0.2) is 14.3 Å². The molecule has 0 heterocycles. The van der Waals surface area contributed by atoms with Crippen molar-refractivity contribution in [2.75, 3.05) is 10.0 Å². The van der Waals surface area contributed by atoms with E-state index in [9.17, 15) is 13.2 Å². The van der Waals surface area contributed by atoms with Gasteiger partial charge in [-0.1, -0.05) is 43.7 Å². The van der Waals surface area contributed by atoms with Crippen molar-refractivity contribution in [2.24, 2.45) is 0 Å². The van der Waals surface area contributed by atoms with Crippen molar-refractivity contribution in [3.8, 4) is 0 Å². The monoisotopic (exact) mass is 436 g/mol. The van der Waals surface area contributed by atoms with Gasteiger partial charge in [0.2, 0.25) is 0 Å². The standard InChI is InChI=1S/C25H28N2O3S/c1-4-5-8-20-11-14-22(15-12-20)26-25(28)21-13-10-19(3)24(17-21)31(29,30)27-23-9-6-7-18(2)16-23/h6-7,9-17,27H,4-5,8H2,1-3H3,(H,26,28). The number of aryl methyl sites for hydroxylation is 3. The van der Waals surface area contributed by atoms with Crippen molar-refractivity contribution < 1.29 is 13.2 Å². The Balaban J connectivity index is 1.79. The molecule has 5 nitrogen and oxygen atoms in total. The van der Waals surface area contributed by atoms with Crippen LogP contribution in [0.1, 0.15) is 46.8 Å². The van der Waals surface area contributed by atoms with Crippen molar-refractivity contribution >= 4 is 27.3 Å². The SMILES string of the molecule is CCCCc1ccc(NC(=O)c2ccc(C)c(S(=O)(=O)Nc3cccc(C)c3)c2)cc1. The molecule has 1 amide bonds. The number of anilines is 2. The molecule has 3 aromatic rings. The maximum absolute atomic E-state index is 12.9. The Kier molecular flexibility index (Phi) is 7.13. The number of carbonyl (C=O) groups is 1. The van der Waals surface area contributed by atoms with Crippen LogP contribution in [0, 0.1) is 13.8 Å². The number of carbonyl (C=O) groups excluding carboxylic acids is 1. The second kappa shape index (κ2) is 9.79. The van der Waals surface area contributed by atoms with E-state index in [2.05, 4.69) is 17.0 Å². The normalized spacial score (nSPS) is 11.2. The lowest BCUT2D eigenvalue weighted by Gasteiger charge is -2.13. The maximum atomic E-state index is 12.9. The van der Waals surface area contributed by atoms with E-state index in [0.29, 0.717) is 16.9 Å². The lowest BCUT2D eigenvalue weighted by atomic mass is 10.1. The fourth-order valence-electron chi connectivity index (χ4n) is 3.29. The minimum absolute atomic E-state index is 0.0802. The summed E-state index contributed by atoms with van der Waals surface area (Å²) in [5.41, 5.74) is 4.18. The Bertz CT molecular complexity index is 1170. The van der Waals surface area contributed by atoms with Gasteiger partial charge in [-0.2, -0.15) is 0 Å². The van der Waals surface area contributed by atoms with Crippen molar-refractivity contribution in [1.82, 2.24) is 0 Å². The molecule has 0 aromatic heterocycles. The molecule has 3 aromatic carbocycles. The first-order chi connectivity index (χ1) is 14.8. The first-order valence-corrected chi connectivity index (χ1v) is 11.9. The highest BCUT2D eigenvalue weighted by molar-refractivity contribution is 7.92. The molecule has 3 rings (SSSR count). The molecule has 0 aliphatic heterocycles. The number of unbranched alkanes of at least 4 members (excludes halogenated alkanes) is 1. The van der Waals surface area contributed by atoms with Gasteiger partial charge in [0.25, 0.3) is 15.9 Å². The van der Waals surface area contributed by atoms with Crippen LogP contribution in [0.2, 0.25) is 0 Å². The molecule has 6 heteroatoms. The van der Waals surface area contributed by atoms with Crippen LogP contribution in [-0.2, 0) is 16.4 Å². The van der Waals surface area contributed by atoms with Gasteiger partial charge in [0.15, 0.2) is 0 Å². The molecule has 0 unspecified atom stereocenters. The Morgan fingerprint density at radius 2 is 1.65 bits per heavy atom. The highest BCUT2D eigenvalue weighted by Crippen LogP contribution is 2.22. The fraction of sp³-hybridized carbons (Fsp3) is 0.240. The summed E-state index contributed by atoms with van der Waals surface area (Å²) in [5.74, 6) is -0.353. The second-order valence-corrected chi connectivity index (χ2v) is 9.36. The molecule has 0 saturated heterocycles. The van der Waals surface area contributed by atoms with Gasteiger partial charge in [-0.25, -0.2) is 8.42 Å². The third-order valence-electron chi connectivity index (χ3n) is 5.04. The largest absolute Gasteiger partial charge is 0.322 e.